The van der Waals surface area contributed by atoms with Crippen LogP contribution in [0.15, 0.2) is 6.07 Å². The lowest BCUT2D eigenvalue weighted by Crippen LogP contribution is -2.24. The molecule has 1 fully saturated rings. The average molecular weight is 236 g/mol. The second-order valence-electron chi connectivity index (χ2n) is 4.82. The molecule has 1 aliphatic rings. The lowest BCUT2D eigenvalue weighted by atomic mass is 9.89. The number of aromatic nitrogens is 2. The lowest BCUT2D eigenvalue weighted by Gasteiger charge is -2.26. The highest BCUT2D eigenvalue weighted by molar-refractivity contribution is 5.29. The van der Waals surface area contributed by atoms with Gasteiger partial charge in [0.15, 0.2) is 0 Å². The van der Waals surface area contributed by atoms with E-state index in [2.05, 4.69) is 22.3 Å². The quantitative estimate of drug-likeness (QED) is 0.620. The number of hydrogen-bond acceptors (Lipinski definition) is 5. The Morgan fingerprint density at radius 1 is 1.29 bits per heavy atom. The highest BCUT2D eigenvalue weighted by atomic mass is 16.5. The standard InChI is InChI=1S/C12H20N4O/c1-8-3-5-10(6-4-8)17-11-7-9(2)14-12(15-11)16-13/h7-8,10H,3-6,13H2,1-2H3,(H,14,15,16). The molecular formula is C12H20N4O. The summed E-state index contributed by atoms with van der Waals surface area (Å²) in [5.74, 6) is 7.15. The van der Waals surface area contributed by atoms with Crippen molar-refractivity contribution in [1.29, 1.82) is 0 Å². The normalized spacial score (nSPS) is 24.4. The number of nitrogens with one attached hydrogen (secondary N) is 1. The zero-order valence-electron chi connectivity index (χ0n) is 10.4. The number of anilines is 1. The van der Waals surface area contributed by atoms with Crippen molar-refractivity contribution in [3.8, 4) is 5.88 Å². The molecule has 1 saturated carbocycles. The van der Waals surface area contributed by atoms with Gasteiger partial charge in [-0.3, -0.25) is 5.43 Å². The minimum absolute atomic E-state index is 0.283. The van der Waals surface area contributed by atoms with Gasteiger partial charge in [-0.15, -0.1) is 0 Å². The first-order valence-corrected chi connectivity index (χ1v) is 6.16. The largest absolute Gasteiger partial charge is 0.474 e. The second-order valence-corrected chi connectivity index (χ2v) is 4.82. The molecule has 1 aliphatic carbocycles. The van der Waals surface area contributed by atoms with Gasteiger partial charge in [-0.25, -0.2) is 10.8 Å². The molecule has 1 aromatic heterocycles. The van der Waals surface area contributed by atoms with Gasteiger partial charge in [0.2, 0.25) is 11.8 Å². The molecule has 0 saturated heterocycles. The van der Waals surface area contributed by atoms with Crippen LogP contribution in [0, 0.1) is 12.8 Å². The van der Waals surface area contributed by atoms with Crippen LogP contribution in [0.4, 0.5) is 5.95 Å². The van der Waals surface area contributed by atoms with Crippen LogP contribution in [-0.2, 0) is 0 Å². The highest BCUT2D eigenvalue weighted by Gasteiger charge is 2.20. The molecule has 17 heavy (non-hydrogen) atoms. The van der Waals surface area contributed by atoms with Crippen LogP contribution in [-0.4, -0.2) is 16.1 Å². The zero-order chi connectivity index (χ0) is 12.3. The fourth-order valence-corrected chi connectivity index (χ4v) is 2.18. The van der Waals surface area contributed by atoms with E-state index < -0.39 is 0 Å². The van der Waals surface area contributed by atoms with Gasteiger partial charge < -0.3 is 4.74 Å². The van der Waals surface area contributed by atoms with Crippen LogP contribution < -0.4 is 16.0 Å². The fraction of sp³-hybridized carbons (Fsp3) is 0.667. The summed E-state index contributed by atoms with van der Waals surface area (Å²) >= 11 is 0. The first-order valence-electron chi connectivity index (χ1n) is 6.16. The number of nitrogens with zero attached hydrogens (tertiary/aromatic N) is 2. The third kappa shape index (κ3) is 3.30. The van der Waals surface area contributed by atoms with Crippen molar-refractivity contribution in [2.75, 3.05) is 5.43 Å². The molecule has 3 N–H and O–H groups in total. The molecule has 0 radical (unpaired) electrons. The predicted molar refractivity (Wildman–Crippen MR) is 66.6 cm³/mol. The van der Waals surface area contributed by atoms with E-state index in [0.717, 1.165) is 24.5 Å². The van der Waals surface area contributed by atoms with Gasteiger partial charge in [0.1, 0.15) is 6.10 Å². The van der Waals surface area contributed by atoms with Crippen molar-refractivity contribution in [2.45, 2.75) is 45.6 Å². The number of aryl methyl sites for hydroxylation is 1. The molecule has 94 valence electrons. The molecule has 2 rings (SSSR count). The maximum atomic E-state index is 5.88. The van der Waals surface area contributed by atoms with Gasteiger partial charge in [0.25, 0.3) is 0 Å². The summed E-state index contributed by atoms with van der Waals surface area (Å²) in [4.78, 5) is 8.33. The van der Waals surface area contributed by atoms with Crippen molar-refractivity contribution in [1.82, 2.24) is 9.97 Å². The van der Waals surface area contributed by atoms with Crippen LogP contribution in [0.5, 0.6) is 5.88 Å². The minimum Gasteiger partial charge on any atom is -0.474 e. The van der Waals surface area contributed by atoms with Gasteiger partial charge in [-0.05, 0) is 38.5 Å². The molecule has 1 heterocycles. The van der Waals surface area contributed by atoms with Gasteiger partial charge in [0.05, 0.1) is 0 Å². The Morgan fingerprint density at radius 2 is 2.00 bits per heavy atom. The Bertz CT molecular complexity index is 375. The topological polar surface area (TPSA) is 73.1 Å². The summed E-state index contributed by atoms with van der Waals surface area (Å²) in [6.07, 6.45) is 4.96. The molecule has 0 unspecified atom stereocenters. The maximum Gasteiger partial charge on any atom is 0.240 e. The van der Waals surface area contributed by atoms with E-state index in [4.69, 9.17) is 10.6 Å². The van der Waals surface area contributed by atoms with Crippen molar-refractivity contribution in [2.24, 2.45) is 11.8 Å². The number of nitrogens with two attached hydrogens (primary N) is 1. The second kappa shape index (κ2) is 5.31. The van der Waals surface area contributed by atoms with Crippen molar-refractivity contribution in [3.05, 3.63) is 11.8 Å². The smallest absolute Gasteiger partial charge is 0.240 e. The summed E-state index contributed by atoms with van der Waals surface area (Å²) in [6, 6.07) is 1.85. The summed E-state index contributed by atoms with van der Waals surface area (Å²) in [5.41, 5.74) is 3.30. The monoisotopic (exact) mass is 236 g/mol. The van der Waals surface area contributed by atoms with Crippen LogP contribution in [0.2, 0.25) is 0 Å². The Labute approximate surface area is 102 Å². The zero-order valence-corrected chi connectivity index (χ0v) is 10.4. The molecule has 0 atom stereocenters. The van der Waals surface area contributed by atoms with E-state index in [-0.39, 0.29) is 6.10 Å². The lowest BCUT2D eigenvalue weighted by molar-refractivity contribution is 0.130. The Balaban J connectivity index is 2.00. The maximum absolute atomic E-state index is 5.88. The molecule has 0 amide bonds. The van der Waals surface area contributed by atoms with Gasteiger partial charge in [0, 0.05) is 11.8 Å². The highest BCUT2D eigenvalue weighted by Crippen LogP contribution is 2.26. The van der Waals surface area contributed by atoms with Crippen molar-refractivity contribution < 1.29 is 4.74 Å². The molecule has 5 heteroatoms. The van der Waals surface area contributed by atoms with E-state index in [9.17, 15) is 0 Å². The van der Waals surface area contributed by atoms with Crippen molar-refractivity contribution in [3.63, 3.8) is 0 Å². The van der Waals surface area contributed by atoms with E-state index >= 15 is 0 Å². The Kier molecular flexibility index (Phi) is 3.78. The van der Waals surface area contributed by atoms with Crippen molar-refractivity contribution >= 4 is 5.95 Å². The third-order valence-corrected chi connectivity index (χ3v) is 3.21. The van der Waals surface area contributed by atoms with Gasteiger partial charge in [-0.2, -0.15) is 4.98 Å². The molecule has 0 aliphatic heterocycles. The fourth-order valence-electron chi connectivity index (χ4n) is 2.18. The number of hydrazine groups is 1. The summed E-state index contributed by atoms with van der Waals surface area (Å²) in [5, 5.41) is 0. The molecule has 0 aromatic carbocycles. The first kappa shape index (κ1) is 12.1. The van der Waals surface area contributed by atoms with Crippen LogP contribution in [0.3, 0.4) is 0 Å². The molecule has 0 spiro atoms. The number of rotatable bonds is 3. The average Bonchev–Trinajstić information content (AvgIpc) is 2.31. The van der Waals surface area contributed by atoms with Gasteiger partial charge in [-0.1, -0.05) is 6.92 Å². The van der Waals surface area contributed by atoms with Crippen LogP contribution >= 0.6 is 0 Å². The van der Waals surface area contributed by atoms with Crippen LogP contribution in [0.1, 0.15) is 38.3 Å². The molecule has 1 aromatic rings. The first-order chi connectivity index (χ1) is 8.17. The SMILES string of the molecule is Cc1cc(OC2CCC(C)CC2)nc(NN)n1. The van der Waals surface area contributed by atoms with E-state index in [1.54, 1.807) is 0 Å². The summed E-state index contributed by atoms with van der Waals surface area (Å²) in [6.45, 7) is 4.19. The summed E-state index contributed by atoms with van der Waals surface area (Å²) in [7, 11) is 0. The van der Waals surface area contributed by atoms with E-state index in [1.165, 1.54) is 12.8 Å². The molecule has 5 nitrogen and oxygen atoms in total. The van der Waals surface area contributed by atoms with Crippen LogP contribution in [0.25, 0.3) is 0 Å². The van der Waals surface area contributed by atoms with E-state index in [1.807, 2.05) is 13.0 Å². The summed E-state index contributed by atoms with van der Waals surface area (Å²) < 4.78 is 5.88. The number of hydrogen-bond donors (Lipinski definition) is 2. The molecular weight excluding hydrogens is 216 g/mol. The van der Waals surface area contributed by atoms with Gasteiger partial charge >= 0.3 is 0 Å². The third-order valence-electron chi connectivity index (χ3n) is 3.21. The number of nitrogen functional groups attached to an aromatic ring is 1. The minimum atomic E-state index is 0.283. The molecule has 0 bridgehead atoms. The van der Waals surface area contributed by atoms with E-state index in [0.29, 0.717) is 11.8 Å². The Hall–Kier alpha value is -1.36. The Morgan fingerprint density at radius 3 is 2.65 bits per heavy atom. The predicted octanol–water partition coefficient (Wildman–Crippen LogP) is 2.03. The number of ether oxygens (including phenoxy) is 1.